The molecular weight excluding hydrogens is 474 g/mol. The normalized spacial score (nSPS) is 29.2. The summed E-state index contributed by atoms with van der Waals surface area (Å²) in [5.41, 5.74) is 1.13. The average molecular weight is 520 g/mol. The molecule has 1 aromatic carbocycles. The number of fused-ring (bicyclic) bond motifs is 1. The van der Waals surface area contributed by atoms with Gasteiger partial charge in [0.15, 0.2) is 0 Å². The molecule has 2 N–H and O–H groups in total. The summed E-state index contributed by atoms with van der Waals surface area (Å²) in [6.07, 6.45) is 12.8. The summed E-state index contributed by atoms with van der Waals surface area (Å²) >= 11 is 0. The van der Waals surface area contributed by atoms with E-state index in [1.165, 1.54) is 50.5 Å². The zero-order valence-corrected chi connectivity index (χ0v) is 22.8. The maximum Gasteiger partial charge on any atom is 0.244 e. The summed E-state index contributed by atoms with van der Waals surface area (Å²) < 4.78 is 35.6. The second kappa shape index (κ2) is 11.3. The van der Waals surface area contributed by atoms with Crippen LogP contribution in [-0.2, 0) is 10.0 Å². The van der Waals surface area contributed by atoms with Crippen LogP contribution in [0.4, 0.5) is 0 Å². The molecule has 0 aromatic heterocycles. The van der Waals surface area contributed by atoms with E-state index >= 15 is 0 Å². The largest absolute Gasteiger partial charge is 0.492 e. The minimum absolute atomic E-state index is 0.00104. The lowest BCUT2D eigenvalue weighted by atomic mass is 9.77. The van der Waals surface area contributed by atoms with Gasteiger partial charge in [-0.15, -0.1) is 0 Å². The molecule has 1 spiro atoms. The van der Waals surface area contributed by atoms with Crippen LogP contribution >= 0.6 is 0 Å². The molecule has 1 saturated heterocycles. The number of nitrogens with zero attached hydrogens (tertiary/aromatic N) is 2. The highest BCUT2D eigenvalue weighted by molar-refractivity contribution is 7.89. The highest BCUT2D eigenvalue weighted by Gasteiger charge is 2.39. The molecule has 8 heteroatoms. The standard InChI is InChI=1S/C28H45N3O4S/c1-30-19-25(32)18-29-36(33,34)27-12-11-23(22-7-5-6-8-22)17-26(27)35-21-28(20-30)13-15-31(16-14-28)24-9-3-2-4-10-24/h11-12,17,22,24-25,29,32H,2-10,13-16,18-21H2,1H3. The topological polar surface area (TPSA) is 82.1 Å². The van der Waals surface area contributed by atoms with Gasteiger partial charge in [0.05, 0.1) is 12.7 Å². The number of β-amino-alcohol motifs (C(OH)–C–C–N with tert-alkyl or cyclic N) is 1. The smallest absolute Gasteiger partial charge is 0.244 e. The molecule has 2 aliphatic carbocycles. The van der Waals surface area contributed by atoms with E-state index in [4.69, 9.17) is 4.74 Å². The van der Waals surface area contributed by atoms with Crippen LogP contribution in [-0.4, -0.2) is 81.8 Å². The van der Waals surface area contributed by atoms with Gasteiger partial charge in [-0.25, -0.2) is 13.1 Å². The van der Waals surface area contributed by atoms with Crippen molar-refractivity contribution < 1.29 is 18.3 Å². The number of benzene rings is 1. The van der Waals surface area contributed by atoms with Gasteiger partial charge >= 0.3 is 0 Å². The van der Waals surface area contributed by atoms with Crippen molar-refractivity contribution >= 4 is 10.0 Å². The molecule has 1 atom stereocenters. The van der Waals surface area contributed by atoms with E-state index in [-0.39, 0.29) is 16.9 Å². The molecular formula is C28H45N3O4S. The van der Waals surface area contributed by atoms with E-state index in [0.29, 0.717) is 30.9 Å². The van der Waals surface area contributed by atoms with Gasteiger partial charge in [-0.2, -0.15) is 0 Å². The van der Waals surface area contributed by atoms with Gasteiger partial charge in [-0.1, -0.05) is 38.2 Å². The molecule has 202 valence electrons. The van der Waals surface area contributed by atoms with E-state index in [1.807, 2.05) is 19.2 Å². The van der Waals surface area contributed by atoms with Crippen LogP contribution in [0, 0.1) is 5.41 Å². The first-order valence-corrected chi connectivity index (χ1v) is 15.7. The van der Waals surface area contributed by atoms with Crippen molar-refractivity contribution in [1.82, 2.24) is 14.5 Å². The molecule has 3 fully saturated rings. The Balaban J connectivity index is 1.40. The van der Waals surface area contributed by atoms with Crippen LogP contribution in [0.3, 0.4) is 0 Å². The Kier molecular flexibility index (Phi) is 8.28. The summed E-state index contributed by atoms with van der Waals surface area (Å²) in [4.78, 5) is 5.05. The minimum atomic E-state index is -3.79. The molecule has 0 radical (unpaired) electrons. The lowest BCUT2D eigenvalue weighted by molar-refractivity contribution is -0.000214. The van der Waals surface area contributed by atoms with E-state index in [0.717, 1.165) is 45.3 Å². The predicted octanol–water partition coefficient (Wildman–Crippen LogP) is 3.72. The summed E-state index contributed by atoms with van der Waals surface area (Å²) in [7, 11) is -1.75. The van der Waals surface area contributed by atoms with Crippen LogP contribution in [0.1, 0.15) is 82.1 Å². The first-order chi connectivity index (χ1) is 17.3. The number of likely N-dealkylation sites (N-methyl/N-ethyl adjacent to an activating group) is 1. The number of ether oxygens (including phenoxy) is 1. The quantitative estimate of drug-likeness (QED) is 0.620. The summed E-state index contributed by atoms with van der Waals surface area (Å²) in [6, 6.07) is 6.38. The van der Waals surface area contributed by atoms with Crippen LogP contribution in [0.25, 0.3) is 0 Å². The summed E-state index contributed by atoms with van der Waals surface area (Å²) in [5, 5.41) is 10.6. The predicted molar refractivity (Wildman–Crippen MR) is 142 cm³/mol. The zero-order valence-electron chi connectivity index (χ0n) is 22.0. The van der Waals surface area contributed by atoms with Gasteiger partial charge in [-0.3, -0.25) is 0 Å². The SMILES string of the molecule is CN1CC(O)CNS(=O)(=O)c2ccc(C3CCCC3)cc2OCC2(CCN(C3CCCCC3)CC2)C1. The molecule has 2 heterocycles. The highest BCUT2D eigenvalue weighted by atomic mass is 32.2. The van der Waals surface area contributed by atoms with Crippen LogP contribution in [0.5, 0.6) is 5.75 Å². The molecule has 1 aromatic rings. The van der Waals surface area contributed by atoms with Crippen molar-refractivity contribution in [3.63, 3.8) is 0 Å². The minimum Gasteiger partial charge on any atom is -0.492 e. The molecule has 2 aliphatic heterocycles. The maximum atomic E-state index is 13.2. The zero-order chi connectivity index (χ0) is 25.2. The lowest BCUT2D eigenvalue weighted by Crippen LogP contribution is -2.52. The summed E-state index contributed by atoms with van der Waals surface area (Å²) in [5.74, 6) is 0.954. The van der Waals surface area contributed by atoms with Gasteiger partial charge < -0.3 is 19.6 Å². The Bertz CT molecular complexity index is 981. The molecule has 0 amide bonds. The van der Waals surface area contributed by atoms with Crippen LogP contribution in [0.15, 0.2) is 23.1 Å². The van der Waals surface area contributed by atoms with Crippen molar-refractivity contribution in [1.29, 1.82) is 0 Å². The van der Waals surface area contributed by atoms with E-state index in [9.17, 15) is 13.5 Å². The Morgan fingerprint density at radius 3 is 2.44 bits per heavy atom. The Labute approximate surface area is 217 Å². The Morgan fingerprint density at radius 1 is 1.03 bits per heavy atom. The van der Waals surface area contributed by atoms with Crippen LogP contribution < -0.4 is 9.46 Å². The van der Waals surface area contributed by atoms with Gasteiger partial charge in [0.2, 0.25) is 10.0 Å². The third-order valence-corrected chi connectivity index (χ3v) is 10.7. The van der Waals surface area contributed by atoms with E-state index < -0.39 is 16.1 Å². The van der Waals surface area contributed by atoms with Gasteiger partial charge in [-0.05, 0) is 82.3 Å². The molecule has 7 nitrogen and oxygen atoms in total. The molecule has 1 unspecified atom stereocenters. The number of sulfonamides is 1. The first-order valence-electron chi connectivity index (χ1n) is 14.2. The summed E-state index contributed by atoms with van der Waals surface area (Å²) in [6.45, 7) is 3.91. The molecule has 5 rings (SSSR count). The van der Waals surface area contributed by atoms with Crippen molar-refractivity contribution in [3.8, 4) is 5.75 Å². The monoisotopic (exact) mass is 519 g/mol. The number of hydrogen-bond donors (Lipinski definition) is 2. The number of likely N-dealkylation sites (tertiary alicyclic amines) is 1. The third kappa shape index (κ3) is 6.09. The number of nitrogens with one attached hydrogen (secondary N) is 1. The maximum absolute atomic E-state index is 13.2. The molecule has 36 heavy (non-hydrogen) atoms. The fraction of sp³-hybridized carbons (Fsp3) is 0.786. The second-order valence-electron chi connectivity index (χ2n) is 12.0. The third-order valence-electron chi connectivity index (χ3n) is 9.20. The fourth-order valence-electron chi connectivity index (χ4n) is 7.11. The van der Waals surface area contributed by atoms with Crippen molar-refractivity contribution in [2.24, 2.45) is 5.41 Å². The highest BCUT2D eigenvalue weighted by Crippen LogP contribution is 2.40. The van der Waals surface area contributed by atoms with Crippen molar-refractivity contribution in [3.05, 3.63) is 23.8 Å². The van der Waals surface area contributed by atoms with Crippen LogP contribution in [0.2, 0.25) is 0 Å². The molecule has 0 bridgehead atoms. The van der Waals surface area contributed by atoms with Crippen molar-refractivity contribution in [2.75, 3.05) is 46.4 Å². The van der Waals surface area contributed by atoms with E-state index in [2.05, 4.69) is 14.5 Å². The van der Waals surface area contributed by atoms with E-state index in [1.54, 1.807) is 6.07 Å². The fourth-order valence-corrected chi connectivity index (χ4v) is 8.30. The lowest BCUT2D eigenvalue weighted by Gasteiger charge is -2.46. The number of aliphatic hydroxyl groups excluding tert-OH is 1. The first kappa shape index (κ1) is 26.4. The van der Waals surface area contributed by atoms with Gasteiger partial charge in [0.1, 0.15) is 10.6 Å². The number of rotatable bonds is 2. The number of aliphatic hydroxyl groups is 1. The average Bonchev–Trinajstić information content (AvgIpc) is 3.42. The van der Waals surface area contributed by atoms with Crippen molar-refractivity contribution in [2.45, 2.75) is 93.6 Å². The molecule has 4 aliphatic rings. The second-order valence-corrected chi connectivity index (χ2v) is 13.7. The number of hydrogen-bond acceptors (Lipinski definition) is 6. The Hall–Kier alpha value is -1.19. The molecule has 2 saturated carbocycles. The number of piperidine rings is 1. The Morgan fingerprint density at radius 2 is 1.72 bits per heavy atom. The van der Waals surface area contributed by atoms with Gasteiger partial charge in [0.25, 0.3) is 0 Å². The van der Waals surface area contributed by atoms with Gasteiger partial charge in [0, 0.05) is 31.1 Å².